The molecular formula is C21H30N2O5S. The molecule has 1 saturated heterocycles. The number of rotatable bonds is 10. The van der Waals surface area contributed by atoms with Crippen molar-refractivity contribution in [3.05, 3.63) is 47.5 Å². The summed E-state index contributed by atoms with van der Waals surface area (Å²) in [4.78, 5) is 25.5. The summed E-state index contributed by atoms with van der Waals surface area (Å²) in [5.41, 5.74) is 2.35. The van der Waals surface area contributed by atoms with Crippen LogP contribution in [0.4, 0.5) is 0 Å². The van der Waals surface area contributed by atoms with E-state index < -0.39 is 10.0 Å². The number of ether oxygens (including phenoxy) is 1. The van der Waals surface area contributed by atoms with Crippen molar-refractivity contribution in [3.8, 4) is 0 Å². The normalized spacial score (nSPS) is 15.3. The van der Waals surface area contributed by atoms with Crippen LogP contribution in [-0.2, 0) is 26.0 Å². The first kappa shape index (κ1) is 23.3. The minimum Gasteiger partial charge on any atom is -0.376 e. The van der Waals surface area contributed by atoms with E-state index in [9.17, 15) is 18.0 Å². The lowest BCUT2D eigenvalue weighted by molar-refractivity contribution is -0.120. The number of ketones is 1. The van der Waals surface area contributed by atoms with Crippen LogP contribution in [0, 0.1) is 6.92 Å². The molecule has 0 radical (unpaired) electrons. The first-order valence-electron chi connectivity index (χ1n) is 9.77. The lowest BCUT2D eigenvalue weighted by Gasteiger charge is -2.25. The Balaban J connectivity index is 1.94. The number of amides is 1. The van der Waals surface area contributed by atoms with Crippen LogP contribution in [0.5, 0.6) is 0 Å². The van der Waals surface area contributed by atoms with E-state index in [1.165, 1.54) is 4.31 Å². The van der Waals surface area contributed by atoms with E-state index in [0.29, 0.717) is 44.6 Å². The number of benzene rings is 1. The van der Waals surface area contributed by atoms with Gasteiger partial charge >= 0.3 is 0 Å². The number of Topliss-reactive ketones (excluding diaryl/α,β-unsaturated/α-hetero) is 1. The lowest BCUT2D eigenvalue weighted by atomic mass is 10.0. The summed E-state index contributed by atoms with van der Waals surface area (Å²) in [7, 11) is -1.67. The number of hydrogen-bond donors (Lipinski definition) is 0. The third kappa shape index (κ3) is 6.76. The quantitative estimate of drug-likeness (QED) is 0.424. The second-order valence-electron chi connectivity index (χ2n) is 7.24. The van der Waals surface area contributed by atoms with Gasteiger partial charge in [-0.25, -0.2) is 12.7 Å². The number of carbonyl (C=O) groups excluding carboxylic acids is 2. The molecule has 0 atom stereocenters. The molecule has 0 aromatic heterocycles. The molecule has 0 N–H and O–H groups in total. The van der Waals surface area contributed by atoms with Gasteiger partial charge in [0.1, 0.15) is 5.78 Å². The van der Waals surface area contributed by atoms with Gasteiger partial charge in [-0.15, -0.1) is 6.58 Å². The zero-order valence-corrected chi connectivity index (χ0v) is 18.0. The lowest BCUT2D eigenvalue weighted by Crippen LogP contribution is -2.40. The minimum atomic E-state index is -3.39. The third-order valence-electron chi connectivity index (χ3n) is 5.05. The average molecular weight is 423 g/mol. The first-order chi connectivity index (χ1) is 13.7. The second-order valence-corrected chi connectivity index (χ2v) is 9.32. The summed E-state index contributed by atoms with van der Waals surface area (Å²) in [5.74, 6) is 0.00724. The number of aryl methyl sites for hydroxylation is 2. The molecule has 0 bridgehead atoms. The average Bonchev–Trinajstić information content (AvgIpc) is 2.70. The molecule has 0 spiro atoms. The van der Waals surface area contributed by atoms with Gasteiger partial charge in [-0.1, -0.05) is 12.1 Å². The van der Waals surface area contributed by atoms with Gasteiger partial charge < -0.3 is 9.64 Å². The van der Waals surface area contributed by atoms with Crippen molar-refractivity contribution in [2.45, 2.75) is 26.2 Å². The highest BCUT2D eigenvalue weighted by molar-refractivity contribution is 7.89. The largest absolute Gasteiger partial charge is 0.376 e. The molecule has 1 aromatic rings. The fraction of sp³-hybridized carbons (Fsp3) is 0.524. The first-order valence-corrected chi connectivity index (χ1v) is 11.4. The van der Waals surface area contributed by atoms with Crippen LogP contribution in [0.3, 0.4) is 0 Å². The van der Waals surface area contributed by atoms with E-state index in [-0.39, 0.29) is 30.5 Å². The second kappa shape index (κ2) is 10.7. The molecule has 1 aliphatic heterocycles. The monoisotopic (exact) mass is 422 g/mol. The molecule has 0 unspecified atom stereocenters. The number of sulfonamides is 1. The molecule has 1 aromatic carbocycles. The third-order valence-corrected chi connectivity index (χ3v) is 6.92. The van der Waals surface area contributed by atoms with Crippen molar-refractivity contribution < 1.29 is 22.7 Å². The van der Waals surface area contributed by atoms with Crippen LogP contribution in [0.1, 0.15) is 34.3 Å². The van der Waals surface area contributed by atoms with Crippen LogP contribution in [-0.4, -0.2) is 75.0 Å². The van der Waals surface area contributed by atoms with Crippen LogP contribution in [0.15, 0.2) is 30.9 Å². The number of piperidine rings is 1. The molecule has 7 nitrogen and oxygen atoms in total. The SMILES string of the molecule is C=CCOCCN(C)C(=O)c1ccc(CCS(=O)(=O)N2CCC(=O)CC2)c(C)c1. The predicted molar refractivity (Wildman–Crippen MR) is 112 cm³/mol. The topological polar surface area (TPSA) is 84.0 Å². The Kier molecular flexibility index (Phi) is 8.55. The summed E-state index contributed by atoms with van der Waals surface area (Å²) >= 11 is 0. The van der Waals surface area contributed by atoms with Crippen molar-refractivity contribution in [1.29, 1.82) is 0 Å². The molecule has 160 valence electrons. The Morgan fingerprint density at radius 2 is 2.00 bits per heavy atom. The predicted octanol–water partition coefficient (Wildman–Crippen LogP) is 1.81. The van der Waals surface area contributed by atoms with Crippen molar-refractivity contribution in [1.82, 2.24) is 9.21 Å². The zero-order chi connectivity index (χ0) is 21.4. The molecular weight excluding hydrogens is 392 g/mol. The van der Waals surface area contributed by atoms with E-state index in [1.807, 2.05) is 13.0 Å². The van der Waals surface area contributed by atoms with Crippen molar-refractivity contribution in [2.75, 3.05) is 45.6 Å². The molecule has 1 amide bonds. The van der Waals surface area contributed by atoms with Crippen molar-refractivity contribution in [3.63, 3.8) is 0 Å². The van der Waals surface area contributed by atoms with Crippen LogP contribution in [0.2, 0.25) is 0 Å². The standard InChI is InChI=1S/C21H30N2O5S/c1-4-13-28-14-12-22(3)21(25)19-6-5-18(17(2)16-19)9-15-29(26,27)23-10-7-20(24)8-11-23/h4-6,16H,1,7-15H2,2-3H3. The molecule has 0 aliphatic carbocycles. The van der Waals surface area contributed by atoms with Crippen molar-refractivity contribution in [2.24, 2.45) is 0 Å². The molecule has 29 heavy (non-hydrogen) atoms. The van der Waals surface area contributed by atoms with E-state index in [0.717, 1.165) is 11.1 Å². The number of carbonyl (C=O) groups is 2. The Morgan fingerprint density at radius 3 is 2.62 bits per heavy atom. The van der Waals surface area contributed by atoms with Gasteiger partial charge in [0, 0.05) is 45.1 Å². The summed E-state index contributed by atoms with van der Waals surface area (Å²) in [6.45, 7) is 7.37. The van der Waals surface area contributed by atoms with E-state index in [2.05, 4.69) is 6.58 Å². The van der Waals surface area contributed by atoms with Crippen LogP contribution < -0.4 is 0 Å². The van der Waals surface area contributed by atoms with Gasteiger partial charge in [0.25, 0.3) is 5.91 Å². The Hall–Kier alpha value is -2.03. The van der Waals surface area contributed by atoms with Gasteiger partial charge in [-0.3, -0.25) is 9.59 Å². The minimum absolute atomic E-state index is 0.00410. The smallest absolute Gasteiger partial charge is 0.253 e. The molecule has 8 heteroatoms. The van der Waals surface area contributed by atoms with Crippen molar-refractivity contribution >= 4 is 21.7 Å². The maximum absolute atomic E-state index is 12.5. The summed E-state index contributed by atoms with van der Waals surface area (Å²) < 4.78 is 31.8. The Bertz CT molecular complexity index is 841. The molecule has 1 heterocycles. The van der Waals surface area contributed by atoms with Gasteiger partial charge in [0.05, 0.1) is 19.0 Å². The molecule has 1 aliphatic rings. The van der Waals surface area contributed by atoms with Crippen LogP contribution >= 0.6 is 0 Å². The fourth-order valence-corrected chi connectivity index (χ4v) is 4.66. The van der Waals surface area contributed by atoms with Crippen LogP contribution in [0.25, 0.3) is 0 Å². The van der Waals surface area contributed by atoms with Gasteiger partial charge in [0.2, 0.25) is 10.0 Å². The van der Waals surface area contributed by atoms with E-state index in [1.54, 1.807) is 30.2 Å². The van der Waals surface area contributed by atoms with Gasteiger partial charge in [-0.05, 0) is 36.6 Å². The maximum Gasteiger partial charge on any atom is 0.253 e. The Labute approximate surface area is 173 Å². The summed E-state index contributed by atoms with van der Waals surface area (Å²) in [6.07, 6.45) is 2.62. The summed E-state index contributed by atoms with van der Waals surface area (Å²) in [5, 5.41) is 0. The van der Waals surface area contributed by atoms with Gasteiger partial charge in [0.15, 0.2) is 0 Å². The highest BCUT2D eigenvalue weighted by Crippen LogP contribution is 2.17. The molecule has 1 fully saturated rings. The molecule has 0 saturated carbocycles. The van der Waals surface area contributed by atoms with E-state index in [4.69, 9.17) is 4.74 Å². The number of likely N-dealkylation sites (N-methyl/N-ethyl adjacent to an activating group) is 1. The molecule has 2 rings (SSSR count). The maximum atomic E-state index is 12.5. The van der Waals surface area contributed by atoms with Gasteiger partial charge in [-0.2, -0.15) is 0 Å². The highest BCUT2D eigenvalue weighted by Gasteiger charge is 2.26. The number of hydrogen-bond acceptors (Lipinski definition) is 5. The van der Waals surface area contributed by atoms with E-state index >= 15 is 0 Å². The Morgan fingerprint density at radius 1 is 1.31 bits per heavy atom. The zero-order valence-electron chi connectivity index (χ0n) is 17.2. The fourth-order valence-electron chi connectivity index (χ4n) is 3.18. The summed E-state index contributed by atoms with van der Waals surface area (Å²) in [6, 6.07) is 5.35. The number of nitrogens with zero attached hydrogens (tertiary/aromatic N) is 2. The highest BCUT2D eigenvalue weighted by atomic mass is 32.2.